The molecule has 10 nitrogen and oxygen atoms in total. The average molecular weight is 493 g/mol. The summed E-state index contributed by atoms with van der Waals surface area (Å²) in [7, 11) is 2.13. The van der Waals surface area contributed by atoms with E-state index in [0.29, 0.717) is 17.8 Å². The van der Waals surface area contributed by atoms with Gasteiger partial charge in [0.05, 0.1) is 0 Å². The molecule has 0 amide bonds. The van der Waals surface area contributed by atoms with Crippen molar-refractivity contribution in [2.45, 2.75) is 20.3 Å². The maximum Gasteiger partial charge on any atom is 0.234 e. The highest BCUT2D eigenvalue weighted by atomic mass is 19.1. The maximum atomic E-state index is 13.3. The summed E-state index contributed by atoms with van der Waals surface area (Å²) in [6.07, 6.45) is 0.718. The number of benzene rings is 1. The molecule has 190 valence electrons. The number of aromatic nitrogens is 5. The van der Waals surface area contributed by atoms with Gasteiger partial charge in [-0.25, -0.2) is 9.37 Å². The van der Waals surface area contributed by atoms with Crippen LogP contribution in [0.3, 0.4) is 0 Å². The van der Waals surface area contributed by atoms with Crippen molar-refractivity contribution in [3.05, 3.63) is 47.7 Å². The highest BCUT2D eigenvalue weighted by molar-refractivity contribution is 5.53. The molecule has 0 saturated carbocycles. The number of likely N-dealkylation sites (N-methyl/N-ethyl adjacent to an activating group) is 1. The molecule has 2 aliphatic rings. The van der Waals surface area contributed by atoms with Crippen molar-refractivity contribution in [3.63, 3.8) is 0 Å². The molecule has 0 atom stereocenters. The molecule has 2 saturated heterocycles. The number of nitrogens with one attached hydrogen (secondary N) is 1. The van der Waals surface area contributed by atoms with E-state index in [0.717, 1.165) is 81.8 Å². The molecule has 3 aromatic rings. The first kappa shape index (κ1) is 24.1. The predicted molar refractivity (Wildman–Crippen MR) is 140 cm³/mol. The minimum absolute atomic E-state index is 0.214. The molecular formula is C25H33FN10. The van der Waals surface area contributed by atoms with Crippen LogP contribution in [0.15, 0.2) is 30.3 Å². The molecule has 2 aromatic heterocycles. The van der Waals surface area contributed by atoms with Gasteiger partial charge in [0.25, 0.3) is 0 Å². The van der Waals surface area contributed by atoms with Crippen molar-refractivity contribution in [1.82, 2.24) is 29.8 Å². The lowest BCUT2D eigenvalue weighted by Crippen LogP contribution is -2.46. The van der Waals surface area contributed by atoms with Crippen LogP contribution in [0.4, 0.5) is 33.7 Å². The van der Waals surface area contributed by atoms with Gasteiger partial charge in [-0.1, -0.05) is 6.92 Å². The van der Waals surface area contributed by atoms with Crippen molar-refractivity contribution in [3.8, 4) is 0 Å². The molecule has 11 heteroatoms. The van der Waals surface area contributed by atoms with Gasteiger partial charge in [-0.3, -0.25) is 5.32 Å². The summed E-state index contributed by atoms with van der Waals surface area (Å²) < 4.78 is 13.3. The first-order valence-electron chi connectivity index (χ1n) is 12.5. The van der Waals surface area contributed by atoms with Gasteiger partial charge in [-0.05, 0) is 38.2 Å². The van der Waals surface area contributed by atoms with E-state index in [2.05, 4.69) is 46.9 Å². The summed E-state index contributed by atoms with van der Waals surface area (Å²) in [4.78, 5) is 32.3. The first-order valence-corrected chi connectivity index (χ1v) is 12.5. The smallest absolute Gasteiger partial charge is 0.234 e. The molecular weight excluding hydrogens is 459 g/mol. The van der Waals surface area contributed by atoms with Gasteiger partial charge >= 0.3 is 0 Å². The Labute approximate surface area is 211 Å². The quantitative estimate of drug-likeness (QED) is 0.554. The molecule has 0 aliphatic carbocycles. The largest absolute Gasteiger partial charge is 0.368 e. The molecule has 5 rings (SSSR count). The number of hydrogen-bond donors (Lipinski definition) is 1. The minimum Gasteiger partial charge on any atom is -0.368 e. The fourth-order valence-corrected chi connectivity index (χ4v) is 4.48. The molecule has 1 aromatic carbocycles. The number of aryl methyl sites for hydroxylation is 2. The van der Waals surface area contributed by atoms with Crippen LogP contribution in [0.2, 0.25) is 0 Å². The lowest BCUT2D eigenvalue weighted by atomic mass is 10.2. The van der Waals surface area contributed by atoms with Gasteiger partial charge in [0.2, 0.25) is 17.8 Å². The Morgan fingerprint density at radius 3 is 2.11 bits per heavy atom. The summed E-state index contributed by atoms with van der Waals surface area (Å²) in [6, 6.07) is 8.68. The number of hydrogen-bond acceptors (Lipinski definition) is 10. The third kappa shape index (κ3) is 5.62. The van der Waals surface area contributed by atoms with E-state index in [-0.39, 0.29) is 5.82 Å². The molecule has 4 heterocycles. The number of piperazine rings is 2. The van der Waals surface area contributed by atoms with E-state index in [4.69, 9.17) is 9.97 Å². The standard InChI is InChI=1S/C25H33FN10/c1-4-21-28-24(32-25(29-21)36-11-9-33(3)10-12-36)31-23-27-18(2)17-22(30-23)35-15-13-34(14-16-35)20-7-5-19(26)6-8-20/h5-8,17H,4,9-16H2,1-3H3,(H,27,28,29,30,31,32). The second-order valence-electron chi connectivity index (χ2n) is 9.29. The van der Waals surface area contributed by atoms with Gasteiger partial charge in [0.15, 0.2) is 0 Å². The zero-order chi connectivity index (χ0) is 25.1. The Hall–Kier alpha value is -3.60. The Morgan fingerprint density at radius 1 is 0.778 bits per heavy atom. The summed E-state index contributed by atoms with van der Waals surface area (Å²) >= 11 is 0. The Balaban J connectivity index is 1.30. The molecule has 2 aliphatic heterocycles. The summed E-state index contributed by atoms with van der Waals surface area (Å²) in [5.74, 6) is 3.03. The van der Waals surface area contributed by atoms with E-state index >= 15 is 0 Å². The van der Waals surface area contributed by atoms with Crippen LogP contribution >= 0.6 is 0 Å². The second-order valence-corrected chi connectivity index (χ2v) is 9.29. The minimum atomic E-state index is -0.214. The second kappa shape index (κ2) is 10.6. The third-order valence-corrected chi connectivity index (χ3v) is 6.63. The Bertz CT molecular complexity index is 1170. The van der Waals surface area contributed by atoms with Gasteiger partial charge in [0.1, 0.15) is 17.5 Å². The SMILES string of the molecule is CCc1nc(Nc2nc(C)cc(N3CCN(c4ccc(F)cc4)CC3)n2)nc(N2CCN(C)CC2)n1. The zero-order valence-corrected chi connectivity index (χ0v) is 21.2. The monoisotopic (exact) mass is 492 g/mol. The topological polar surface area (TPSA) is 89.4 Å². The zero-order valence-electron chi connectivity index (χ0n) is 21.2. The molecule has 0 unspecified atom stereocenters. The Morgan fingerprint density at radius 2 is 1.42 bits per heavy atom. The summed E-state index contributed by atoms with van der Waals surface area (Å²) in [6.45, 7) is 11.0. The van der Waals surface area contributed by atoms with Crippen LogP contribution in [0.25, 0.3) is 0 Å². The summed E-state index contributed by atoms with van der Waals surface area (Å²) in [5.41, 5.74) is 1.91. The van der Waals surface area contributed by atoms with Crippen molar-refractivity contribution >= 4 is 29.4 Å². The van der Waals surface area contributed by atoms with Crippen LogP contribution < -0.4 is 20.0 Å². The number of rotatable bonds is 6. The molecule has 0 radical (unpaired) electrons. The van der Waals surface area contributed by atoms with Crippen molar-refractivity contribution in [2.24, 2.45) is 0 Å². The molecule has 36 heavy (non-hydrogen) atoms. The van der Waals surface area contributed by atoms with Crippen molar-refractivity contribution in [1.29, 1.82) is 0 Å². The number of nitrogens with zero attached hydrogens (tertiary/aromatic N) is 9. The van der Waals surface area contributed by atoms with Crippen LogP contribution in [0.5, 0.6) is 0 Å². The lowest BCUT2D eigenvalue weighted by Gasteiger charge is -2.36. The van der Waals surface area contributed by atoms with Crippen LogP contribution in [0.1, 0.15) is 18.4 Å². The lowest BCUT2D eigenvalue weighted by molar-refractivity contribution is 0.311. The summed E-state index contributed by atoms with van der Waals surface area (Å²) in [5, 5.41) is 3.23. The van der Waals surface area contributed by atoms with Crippen LogP contribution in [-0.4, -0.2) is 89.2 Å². The predicted octanol–water partition coefficient (Wildman–Crippen LogP) is 2.49. The van der Waals surface area contributed by atoms with E-state index in [9.17, 15) is 4.39 Å². The highest BCUT2D eigenvalue weighted by Gasteiger charge is 2.21. The van der Waals surface area contributed by atoms with Gasteiger partial charge in [-0.2, -0.15) is 19.9 Å². The molecule has 1 N–H and O–H groups in total. The van der Waals surface area contributed by atoms with E-state index < -0.39 is 0 Å². The highest BCUT2D eigenvalue weighted by Crippen LogP contribution is 2.22. The average Bonchev–Trinajstić information content (AvgIpc) is 2.89. The fourth-order valence-electron chi connectivity index (χ4n) is 4.48. The van der Waals surface area contributed by atoms with Crippen molar-refractivity contribution < 1.29 is 4.39 Å². The first-order chi connectivity index (χ1) is 17.5. The van der Waals surface area contributed by atoms with Gasteiger partial charge in [0, 0.05) is 76.2 Å². The Kier molecular flexibility index (Phi) is 7.08. The molecule has 0 bridgehead atoms. The maximum absolute atomic E-state index is 13.3. The normalized spacial score (nSPS) is 16.9. The molecule has 2 fully saturated rings. The van der Waals surface area contributed by atoms with Gasteiger partial charge in [-0.15, -0.1) is 0 Å². The third-order valence-electron chi connectivity index (χ3n) is 6.63. The van der Waals surface area contributed by atoms with E-state index in [1.54, 1.807) is 0 Å². The fraction of sp³-hybridized carbons (Fsp3) is 0.480. The van der Waals surface area contributed by atoms with E-state index in [1.165, 1.54) is 12.1 Å². The number of anilines is 5. The number of halogens is 1. The van der Waals surface area contributed by atoms with Gasteiger partial charge < -0.3 is 19.6 Å². The van der Waals surface area contributed by atoms with Crippen LogP contribution in [0, 0.1) is 12.7 Å². The van der Waals surface area contributed by atoms with Crippen LogP contribution in [-0.2, 0) is 6.42 Å². The van der Waals surface area contributed by atoms with E-state index in [1.807, 2.05) is 32.0 Å². The van der Waals surface area contributed by atoms with Crippen molar-refractivity contribution in [2.75, 3.05) is 79.4 Å². The molecule has 0 spiro atoms.